The van der Waals surface area contributed by atoms with E-state index in [1.165, 1.54) is 0 Å². The number of piperidine rings is 1. The van der Waals surface area contributed by atoms with Crippen LogP contribution in [0.3, 0.4) is 0 Å². The maximum Gasteiger partial charge on any atom is 0.228 e. The van der Waals surface area contributed by atoms with Crippen LogP contribution in [0, 0.1) is 18.8 Å². The van der Waals surface area contributed by atoms with Crippen LogP contribution in [0.15, 0.2) is 18.3 Å². The van der Waals surface area contributed by atoms with Crippen molar-refractivity contribution in [1.29, 1.82) is 0 Å². The van der Waals surface area contributed by atoms with Crippen LogP contribution in [-0.2, 0) is 14.3 Å². The molecule has 1 aromatic rings. The molecule has 23 heavy (non-hydrogen) atoms. The molecule has 2 saturated heterocycles. The van der Waals surface area contributed by atoms with Gasteiger partial charge in [-0.3, -0.25) is 14.6 Å². The second-order valence-corrected chi connectivity index (χ2v) is 6.35. The third-order valence-electron chi connectivity index (χ3n) is 4.92. The molecule has 0 bridgehead atoms. The van der Waals surface area contributed by atoms with Gasteiger partial charge in [-0.05, 0) is 31.9 Å². The summed E-state index contributed by atoms with van der Waals surface area (Å²) < 4.78 is 5.83. The van der Waals surface area contributed by atoms with Gasteiger partial charge in [-0.25, -0.2) is 0 Å². The van der Waals surface area contributed by atoms with Crippen molar-refractivity contribution in [1.82, 2.24) is 9.88 Å². The molecule has 2 aliphatic heterocycles. The summed E-state index contributed by atoms with van der Waals surface area (Å²) in [7, 11) is 0. The second-order valence-electron chi connectivity index (χ2n) is 6.35. The summed E-state index contributed by atoms with van der Waals surface area (Å²) in [6.07, 6.45) is 3.28. The van der Waals surface area contributed by atoms with Crippen LogP contribution < -0.4 is 5.32 Å². The topological polar surface area (TPSA) is 71.5 Å². The Labute approximate surface area is 136 Å². The van der Waals surface area contributed by atoms with Gasteiger partial charge in [0, 0.05) is 44.7 Å². The maximum atomic E-state index is 12.8. The van der Waals surface area contributed by atoms with Crippen LogP contribution in [0.1, 0.15) is 25.5 Å². The molecule has 2 aliphatic rings. The summed E-state index contributed by atoms with van der Waals surface area (Å²) in [6.45, 7) is 5.38. The number of rotatable bonds is 2. The molecule has 0 aromatic carbocycles. The van der Waals surface area contributed by atoms with Gasteiger partial charge in [0.25, 0.3) is 0 Å². The highest BCUT2D eigenvalue weighted by molar-refractivity contribution is 5.93. The lowest BCUT2D eigenvalue weighted by Gasteiger charge is -2.44. The molecule has 0 spiro atoms. The van der Waals surface area contributed by atoms with Crippen LogP contribution in [0.4, 0.5) is 5.69 Å². The fourth-order valence-electron chi connectivity index (χ4n) is 3.57. The molecule has 1 N–H and O–H groups in total. The average molecular weight is 317 g/mol. The van der Waals surface area contributed by atoms with E-state index in [0.717, 1.165) is 17.8 Å². The zero-order valence-electron chi connectivity index (χ0n) is 13.6. The van der Waals surface area contributed by atoms with Crippen LogP contribution in [0.2, 0.25) is 0 Å². The average Bonchev–Trinajstić information content (AvgIpc) is 2.55. The van der Waals surface area contributed by atoms with Crippen molar-refractivity contribution in [2.24, 2.45) is 11.8 Å². The van der Waals surface area contributed by atoms with E-state index >= 15 is 0 Å². The SMILES string of the molecule is CC(=O)N1CC[C@@H]2OCC[C@H](C(=O)Nc3cccnc3C)[C@@H]2C1. The van der Waals surface area contributed by atoms with Crippen molar-refractivity contribution in [3.63, 3.8) is 0 Å². The molecule has 0 saturated carbocycles. The zero-order valence-corrected chi connectivity index (χ0v) is 13.6. The maximum absolute atomic E-state index is 12.8. The lowest BCUT2D eigenvalue weighted by molar-refractivity contribution is -0.146. The van der Waals surface area contributed by atoms with Gasteiger partial charge < -0.3 is 15.0 Å². The van der Waals surface area contributed by atoms with Gasteiger partial charge in [0.1, 0.15) is 0 Å². The number of ether oxygens (including phenoxy) is 1. The second kappa shape index (κ2) is 6.66. The first-order valence-electron chi connectivity index (χ1n) is 8.16. The number of aryl methyl sites for hydroxylation is 1. The van der Waals surface area contributed by atoms with E-state index in [1.54, 1.807) is 13.1 Å². The number of carbonyl (C=O) groups excluding carboxylic acids is 2. The minimum Gasteiger partial charge on any atom is -0.378 e. The molecule has 3 heterocycles. The molecule has 1 aromatic heterocycles. The third-order valence-corrected chi connectivity index (χ3v) is 4.92. The molecular weight excluding hydrogens is 294 g/mol. The minimum atomic E-state index is -0.129. The predicted octanol–water partition coefficient (Wildman–Crippen LogP) is 1.60. The van der Waals surface area contributed by atoms with Gasteiger partial charge in [-0.1, -0.05) is 0 Å². The van der Waals surface area contributed by atoms with Crippen molar-refractivity contribution in [2.75, 3.05) is 25.0 Å². The fraction of sp³-hybridized carbons (Fsp3) is 0.588. The molecule has 0 unspecified atom stereocenters. The highest BCUT2D eigenvalue weighted by atomic mass is 16.5. The predicted molar refractivity (Wildman–Crippen MR) is 85.8 cm³/mol. The third kappa shape index (κ3) is 3.37. The van der Waals surface area contributed by atoms with Crippen LogP contribution in [-0.4, -0.2) is 47.5 Å². The quantitative estimate of drug-likeness (QED) is 0.899. The Hall–Kier alpha value is -1.95. The summed E-state index contributed by atoms with van der Waals surface area (Å²) in [6, 6.07) is 3.67. The molecule has 3 rings (SSSR count). The molecule has 6 nitrogen and oxygen atoms in total. The first-order valence-corrected chi connectivity index (χ1v) is 8.16. The van der Waals surface area contributed by atoms with E-state index < -0.39 is 0 Å². The van der Waals surface area contributed by atoms with Crippen molar-refractivity contribution in [2.45, 2.75) is 32.8 Å². The van der Waals surface area contributed by atoms with E-state index in [2.05, 4.69) is 10.3 Å². The largest absolute Gasteiger partial charge is 0.378 e. The Kier molecular flexibility index (Phi) is 4.61. The van der Waals surface area contributed by atoms with Crippen molar-refractivity contribution in [3.8, 4) is 0 Å². The Morgan fingerprint density at radius 3 is 2.96 bits per heavy atom. The zero-order chi connectivity index (χ0) is 16.4. The van der Waals surface area contributed by atoms with Gasteiger partial charge in [0.05, 0.1) is 17.5 Å². The van der Waals surface area contributed by atoms with Crippen LogP contribution in [0.25, 0.3) is 0 Å². The lowest BCUT2D eigenvalue weighted by Crippen LogP contribution is -2.53. The molecule has 0 radical (unpaired) electrons. The van der Waals surface area contributed by atoms with Crippen molar-refractivity contribution < 1.29 is 14.3 Å². The van der Waals surface area contributed by atoms with E-state index in [4.69, 9.17) is 4.74 Å². The molecule has 124 valence electrons. The van der Waals surface area contributed by atoms with Gasteiger partial charge in [-0.15, -0.1) is 0 Å². The normalized spacial score (nSPS) is 27.2. The summed E-state index contributed by atoms with van der Waals surface area (Å²) in [5, 5.41) is 3.00. The number of hydrogen-bond acceptors (Lipinski definition) is 4. The Morgan fingerprint density at radius 2 is 2.22 bits per heavy atom. The number of nitrogens with zero attached hydrogens (tertiary/aromatic N) is 2. The smallest absolute Gasteiger partial charge is 0.228 e. The highest BCUT2D eigenvalue weighted by Crippen LogP contribution is 2.34. The van der Waals surface area contributed by atoms with E-state index in [-0.39, 0.29) is 29.8 Å². The first-order chi connectivity index (χ1) is 11.1. The number of fused-ring (bicyclic) bond motifs is 1. The number of anilines is 1. The molecule has 6 heteroatoms. The number of pyridine rings is 1. The molecular formula is C17H23N3O3. The monoisotopic (exact) mass is 317 g/mol. The summed E-state index contributed by atoms with van der Waals surface area (Å²) in [5.41, 5.74) is 1.55. The standard InChI is InChI=1S/C17H23N3O3/c1-11-15(4-3-7-18-11)19-17(22)13-6-9-23-16-5-8-20(12(2)21)10-14(13)16/h3-4,7,13-14,16H,5-6,8-10H2,1-2H3,(H,19,22)/t13-,14-,16-/m0/s1. The first kappa shape index (κ1) is 15.9. The molecule has 2 amide bonds. The fourth-order valence-corrected chi connectivity index (χ4v) is 3.57. The Morgan fingerprint density at radius 1 is 1.39 bits per heavy atom. The van der Waals surface area contributed by atoms with E-state index in [0.29, 0.717) is 26.1 Å². The number of likely N-dealkylation sites (tertiary alicyclic amines) is 1. The van der Waals surface area contributed by atoms with E-state index in [9.17, 15) is 9.59 Å². The van der Waals surface area contributed by atoms with Crippen LogP contribution in [0.5, 0.6) is 0 Å². The number of hydrogen-bond donors (Lipinski definition) is 1. The summed E-state index contributed by atoms with van der Waals surface area (Å²) >= 11 is 0. The van der Waals surface area contributed by atoms with Gasteiger partial charge >= 0.3 is 0 Å². The Bertz CT molecular complexity index is 605. The lowest BCUT2D eigenvalue weighted by atomic mass is 9.79. The minimum absolute atomic E-state index is 0.00445. The van der Waals surface area contributed by atoms with Gasteiger partial charge in [0.15, 0.2) is 0 Å². The molecule has 0 aliphatic carbocycles. The number of aromatic nitrogens is 1. The molecule has 2 fully saturated rings. The van der Waals surface area contributed by atoms with E-state index in [1.807, 2.05) is 24.0 Å². The number of amides is 2. The Balaban J connectivity index is 1.73. The highest BCUT2D eigenvalue weighted by Gasteiger charge is 2.42. The van der Waals surface area contributed by atoms with Gasteiger partial charge in [-0.2, -0.15) is 0 Å². The molecule has 3 atom stereocenters. The number of carbonyl (C=O) groups is 2. The van der Waals surface area contributed by atoms with Crippen molar-refractivity contribution in [3.05, 3.63) is 24.0 Å². The summed E-state index contributed by atoms with van der Waals surface area (Å²) in [5.74, 6) is 0.00923. The van der Waals surface area contributed by atoms with Crippen molar-refractivity contribution >= 4 is 17.5 Å². The van der Waals surface area contributed by atoms with Crippen LogP contribution >= 0.6 is 0 Å². The number of nitrogens with one attached hydrogen (secondary N) is 1. The van der Waals surface area contributed by atoms with Gasteiger partial charge in [0.2, 0.25) is 11.8 Å². The summed E-state index contributed by atoms with van der Waals surface area (Å²) in [4.78, 5) is 30.4.